The maximum absolute atomic E-state index is 6.02. The zero-order valence-corrected chi connectivity index (χ0v) is 15.4. The molecule has 0 saturated heterocycles. The molecule has 5 nitrogen and oxygen atoms in total. The minimum absolute atomic E-state index is 0.594. The van der Waals surface area contributed by atoms with Crippen LogP contribution in [0.2, 0.25) is 5.02 Å². The van der Waals surface area contributed by atoms with Crippen molar-refractivity contribution < 1.29 is 4.74 Å². The maximum Gasteiger partial charge on any atom is 0.127 e. The zero-order chi connectivity index (χ0) is 17.8. The first-order valence-electron chi connectivity index (χ1n) is 7.64. The fraction of sp³-hybridized carbons (Fsp3) is 0.167. The SMILES string of the molecule is COc1ccc(N2CNN=C2C)c(/C(=N\C=S)c2ccc(Cl)cc2)c1. The van der Waals surface area contributed by atoms with Gasteiger partial charge < -0.3 is 9.64 Å². The Morgan fingerprint density at radius 3 is 2.68 bits per heavy atom. The highest BCUT2D eigenvalue weighted by Crippen LogP contribution is 2.29. The summed E-state index contributed by atoms with van der Waals surface area (Å²) in [6.45, 7) is 2.54. The predicted molar refractivity (Wildman–Crippen MR) is 107 cm³/mol. The Hall–Kier alpha value is -2.44. The fourth-order valence-electron chi connectivity index (χ4n) is 2.68. The molecule has 1 aliphatic rings. The van der Waals surface area contributed by atoms with Crippen molar-refractivity contribution in [3.05, 3.63) is 58.6 Å². The normalized spacial score (nSPS) is 14.1. The summed E-state index contributed by atoms with van der Waals surface area (Å²) in [4.78, 5) is 6.52. The van der Waals surface area contributed by atoms with Crippen LogP contribution >= 0.6 is 23.8 Å². The monoisotopic (exact) mass is 372 g/mol. The van der Waals surface area contributed by atoms with Gasteiger partial charge in [-0.1, -0.05) is 36.0 Å². The first-order chi connectivity index (χ1) is 12.1. The molecule has 1 N–H and O–H groups in total. The van der Waals surface area contributed by atoms with E-state index in [1.54, 1.807) is 7.11 Å². The summed E-state index contributed by atoms with van der Waals surface area (Å²) >= 11 is 11.0. The topological polar surface area (TPSA) is 49.2 Å². The summed E-state index contributed by atoms with van der Waals surface area (Å²) < 4.78 is 5.41. The van der Waals surface area contributed by atoms with Gasteiger partial charge in [0.25, 0.3) is 0 Å². The Morgan fingerprint density at radius 2 is 2.08 bits per heavy atom. The highest BCUT2D eigenvalue weighted by atomic mass is 35.5. The Morgan fingerprint density at radius 1 is 1.32 bits per heavy atom. The molecule has 25 heavy (non-hydrogen) atoms. The van der Waals surface area contributed by atoms with Crippen LogP contribution in [0.3, 0.4) is 0 Å². The molecule has 0 saturated carbocycles. The van der Waals surface area contributed by atoms with E-state index in [4.69, 9.17) is 28.6 Å². The van der Waals surface area contributed by atoms with E-state index in [1.807, 2.05) is 49.4 Å². The molecule has 2 aromatic rings. The van der Waals surface area contributed by atoms with E-state index in [2.05, 4.69) is 20.4 Å². The number of ether oxygens (including phenoxy) is 1. The average molecular weight is 373 g/mol. The van der Waals surface area contributed by atoms with E-state index in [1.165, 1.54) is 5.49 Å². The van der Waals surface area contributed by atoms with Crippen LogP contribution in [-0.2, 0) is 0 Å². The number of hydrazone groups is 1. The number of nitrogens with zero attached hydrogens (tertiary/aromatic N) is 3. The number of amidine groups is 1. The van der Waals surface area contributed by atoms with Crippen molar-refractivity contribution in [3.63, 3.8) is 0 Å². The summed E-state index contributed by atoms with van der Waals surface area (Å²) in [7, 11) is 1.64. The van der Waals surface area contributed by atoms with Gasteiger partial charge in [-0.25, -0.2) is 4.99 Å². The second-order valence-corrected chi connectivity index (χ2v) is 6.02. The van der Waals surface area contributed by atoms with Gasteiger partial charge in [0.1, 0.15) is 18.3 Å². The van der Waals surface area contributed by atoms with Gasteiger partial charge in [-0.2, -0.15) is 5.10 Å². The fourth-order valence-corrected chi connectivity index (χ4v) is 2.91. The average Bonchev–Trinajstić information content (AvgIpc) is 3.06. The minimum Gasteiger partial charge on any atom is -0.497 e. The first kappa shape index (κ1) is 17.4. The number of rotatable bonds is 5. The highest BCUT2D eigenvalue weighted by molar-refractivity contribution is 7.78. The van der Waals surface area contributed by atoms with Crippen LogP contribution in [0.1, 0.15) is 18.1 Å². The van der Waals surface area contributed by atoms with Gasteiger partial charge in [-0.05, 0) is 37.3 Å². The van der Waals surface area contributed by atoms with Crippen molar-refractivity contribution in [1.82, 2.24) is 5.43 Å². The van der Waals surface area contributed by atoms with Crippen LogP contribution in [-0.4, -0.2) is 30.8 Å². The third-order valence-electron chi connectivity index (χ3n) is 3.91. The van der Waals surface area contributed by atoms with Crippen LogP contribution in [0.25, 0.3) is 0 Å². The Kier molecular flexibility index (Phi) is 5.31. The second kappa shape index (κ2) is 7.63. The van der Waals surface area contributed by atoms with Crippen LogP contribution in [0.15, 0.2) is 52.6 Å². The largest absolute Gasteiger partial charge is 0.497 e. The number of thiocarbonyl (C=S) groups is 1. The van der Waals surface area contributed by atoms with Gasteiger partial charge in [0.15, 0.2) is 0 Å². The number of hydrogen-bond acceptors (Lipinski definition) is 5. The Labute approximate surface area is 157 Å². The lowest BCUT2D eigenvalue weighted by atomic mass is 9.99. The number of aliphatic imine (C=N–C) groups is 1. The third-order valence-corrected chi connectivity index (χ3v) is 4.27. The van der Waals surface area contributed by atoms with Crippen LogP contribution in [0, 0.1) is 0 Å². The predicted octanol–water partition coefficient (Wildman–Crippen LogP) is 3.84. The van der Waals surface area contributed by atoms with Crippen molar-refractivity contribution in [2.75, 3.05) is 18.7 Å². The number of nitrogens with one attached hydrogen (secondary N) is 1. The number of methoxy groups -OCH3 is 1. The third kappa shape index (κ3) is 3.65. The smallest absolute Gasteiger partial charge is 0.127 e. The molecule has 2 aromatic carbocycles. The second-order valence-electron chi connectivity index (χ2n) is 5.38. The van der Waals surface area contributed by atoms with E-state index in [0.717, 1.165) is 34.1 Å². The van der Waals surface area contributed by atoms with Gasteiger partial charge in [-0.3, -0.25) is 5.43 Å². The van der Waals surface area contributed by atoms with Gasteiger partial charge >= 0.3 is 0 Å². The summed E-state index contributed by atoms with van der Waals surface area (Å²) in [5.41, 5.74) is 7.91. The standard InChI is InChI=1S/C18H17ClN4OS/c1-12-22-21-10-23(12)17-8-7-15(24-2)9-16(17)18(20-11-25)13-3-5-14(19)6-4-13/h3-9,11,21H,10H2,1-2H3/b20-18-. The number of halogens is 1. The molecule has 0 spiro atoms. The number of hydrogen-bond donors (Lipinski definition) is 1. The van der Waals surface area contributed by atoms with Crippen molar-refractivity contribution >= 4 is 46.5 Å². The molecular weight excluding hydrogens is 356 g/mol. The molecular formula is C18H17ClN4OS. The van der Waals surface area contributed by atoms with E-state index in [0.29, 0.717) is 11.7 Å². The van der Waals surface area contributed by atoms with E-state index in [-0.39, 0.29) is 0 Å². The molecule has 0 atom stereocenters. The molecule has 0 aliphatic carbocycles. The van der Waals surface area contributed by atoms with E-state index in [9.17, 15) is 0 Å². The van der Waals surface area contributed by atoms with Crippen LogP contribution in [0.5, 0.6) is 5.75 Å². The lowest BCUT2D eigenvalue weighted by molar-refractivity contribution is 0.415. The number of benzene rings is 2. The molecule has 1 aliphatic heterocycles. The van der Waals surface area contributed by atoms with E-state index >= 15 is 0 Å². The molecule has 0 unspecified atom stereocenters. The molecule has 0 radical (unpaired) electrons. The summed E-state index contributed by atoms with van der Waals surface area (Å²) in [5, 5.41) is 4.91. The molecule has 1 heterocycles. The van der Waals surface area contributed by atoms with Crippen LogP contribution in [0.4, 0.5) is 5.69 Å². The molecule has 7 heteroatoms. The molecule has 128 valence electrons. The van der Waals surface area contributed by atoms with Crippen molar-refractivity contribution in [2.45, 2.75) is 6.92 Å². The van der Waals surface area contributed by atoms with Gasteiger partial charge in [-0.15, -0.1) is 0 Å². The molecule has 0 amide bonds. The quantitative estimate of drug-likeness (QED) is 0.640. The molecule has 0 fully saturated rings. The van der Waals surface area contributed by atoms with Crippen molar-refractivity contribution in [2.24, 2.45) is 10.1 Å². The van der Waals surface area contributed by atoms with Crippen molar-refractivity contribution in [1.29, 1.82) is 0 Å². The molecule has 0 bridgehead atoms. The van der Waals surface area contributed by atoms with Crippen LogP contribution < -0.4 is 15.1 Å². The lowest BCUT2D eigenvalue weighted by Crippen LogP contribution is -2.29. The Balaban J connectivity index is 2.17. The van der Waals surface area contributed by atoms with E-state index < -0.39 is 0 Å². The molecule has 3 rings (SSSR count). The summed E-state index contributed by atoms with van der Waals surface area (Å²) in [6.07, 6.45) is 0. The van der Waals surface area contributed by atoms with Gasteiger partial charge in [0, 0.05) is 16.1 Å². The minimum atomic E-state index is 0.594. The highest BCUT2D eigenvalue weighted by Gasteiger charge is 2.21. The zero-order valence-electron chi connectivity index (χ0n) is 13.9. The molecule has 0 aromatic heterocycles. The van der Waals surface area contributed by atoms with Gasteiger partial charge in [0.05, 0.1) is 24.0 Å². The summed E-state index contributed by atoms with van der Waals surface area (Å²) in [6, 6.07) is 13.4. The number of anilines is 1. The lowest BCUT2D eigenvalue weighted by Gasteiger charge is -2.22. The Bertz CT molecular complexity index is 849. The van der Waals surface area contributed by atoms with Crippen molar-refractivity contribution in [3.8, 4) is 5.75 Å². The van der Waals surface area contributed by atoms with Gasteiger partial charge in [0.2, 0.25) is 0 Å². The summed E-state index contributed by atoms with van der Waals surface area (Å²) in [5.74, 6) is 1.62. The maximum atomic E-state index is 6.02. The first-order valence-corrected chi connectivity index (χ1v) is 8.49.